The van der Waals surface area contributed by atoms with Gasteiger partial charge in [0, 0.05) is 0 Å². The Hall–Kier alpha value is 0.172. The van der Waals surface area contributed by atoms with E-state index in [0.29, 0.717) is 0 Å². The maximum Gasteiger partial charge on any atom is -0.0546 e. The molecule has 3 rings (SSSR count). The van der Waals surface area contributed by atoms with Gasteiger partial charge in [0.05, 0.1) is 0 Å². The largest absolute Gasteiger partial charge is 0.318 e. The molecule has 0 spiro atoms. The van der Waals surface area contributed by atoms with Crippen molar-refractivity contribution in [3.05, 3.63) is 42.3 Å². The third-order valence-electron chi connectivity index (χ3n) is 3.69. The summed E-state index contributed by atoms with van der Waals surface area (Å²) in [5.74, 6) is 2.68. The number of hydrogen-bond acceptors (Lipinski definition) is 0. The van der Waals surface area contributed by atoms with Crippen LogP contribution in [0.1, 0.15) is 30.7 Å². The van der Waals surface area contributed by atoms with Crippen LogP contribution >= 0.6 is 9.53 Å². The van der Waals surface area contributed by atoms with E-state index in [1.807, 2.05) is 0 Å². The molecule has 0 saturated heterocycles. The monoisotopic (exact) mass is 312 g/mol. The molecule has 0 aromatic heterocycles. The summed E-state index contributed by atoms with van der Waals surface area (Å²) in [7, 11) is 4.49. The molecule has 0 aliphatic heterocycles. The first-order valence-corrected chi connectivity index (χ1v) is 7.45. The Morgan fingerprint density at radius 3 is 2.40 bits per heavy atom. The smallest absolute Gasteiger partial charge is 0.0546 e. The second-order valence-corrected chi connectivity index (χ2v) is 4.46. The van der Waals surface area contributed by atoms with Gasteiger partial charge in [-0.2, -0.15) is 5.92 Å². The van der Waals surface area contributed by atoms with Gasteiger partial charge >= 0.3 is 27.7 Å². The van der Waals surface area contributed by atoms with E-state index in [9.17, 15) is 0 Å². The summed E-state index contributed by atoms with van der Waals surface area (Å²) >= 11 is 2.22. The molecule has 0 heterocycles. The minimum absolute atomic E-state index is 0.778. The third-order valence-corrected chi connectivity index (χ3v) is 3.69. The number of rotatable bonds is 1. The van der Waals surface area contributed by atoms with Crippen molar-refractivity contribution in [3.8, 4) is 0 Å². The zero-order valence-electron chi connectivity index (χ0n) is 8.51. The van der Waals surface area contributed by atoms with Gasteiger partial charge in [0.2, 0.25) is 0 Å². The quantitative estimate of drug-likeness (QED) is 0.541. The zero-order valence-corrected chi connectivity index (χ0v) is 10.8. The van der Waals surface area contributed by atoms with Crippen LogP contribution in [0.4, 0.5) is 0 Å². The standard InChI is InChI=1S/C13H15.ClH.Pd/c1-2-4-11(5-3-1)13-9-10-6-7-12(13)8-10;;/h1-5,9-10,12-13H,6-8H2;1H;/q-1;;+2/p-1/t10-,12+,13-;;/m1../s1. The molecule has 2 fully saturated rings. The Morgan fingerprint density at radius 2 is 1.87 bits per heavy atom. The molecule has 0 amide bonds. The van der Waals surface area contributed by atoms with Crippen molar-refractivity contribution in [2.75, 3.05) is 0 Å². The number of hydrogen-bond donors (Lipinski definition) is 0. The third kappa shape index (κ3) is 2.47. The normalized spacial score (nSPS) is 32.3. The zero-order chi connectivity index (χ0) is 10.7. The first-order valence-electron chi connectivity index (χ1n) is 5.45. The number of benzene rings is 1. The molecule has 0 N–H and O–H groups in total. The van der Waals surface area contributed by atoms with E-state index < -0.39 is 0 Å². The molecule has 2 saturated carbocycles. The van der Waals surface area contributed by atoms with Crippen LogP contribution in [0.15, 0.2) is 30.3 Å². The molecule has 0 unspecified atom stereocenters. The van der Waals surface area contributed by atoms with Crippen LogP contribution in [0.25, 0.3) is 0 Å². The van der Waals surface area contributed by atoms with Crippen molar-refractivity contribution >= 4 is 9.53 Å². The molecular formula is C13H15ClPd. The summed E-state index contributed by atoms with van der Waals surface area (Å²) < 4.78 is 0. The molecule has 2 bridgehead atoms. The van der Waals surface area contributed by atoms with Gasteiger partial charge in [0.1, 0.15) is 0 Å². The molecule has 3 atom stereocenters. The van der Waals surface area contributed by atoms with Crippen LogP contribution in [0, 0.1) is 18.3 Å². The van der Waals surface area contributed by atoms with Crippen LogP contribution < -0.4 is 0 Å². The van der Waals surface area contributed by atoms with Crippen LogP contribution in [0.5, 0.6) is 0 Å². The first kappa shape index (κ1) is 11.7. The predicted octanol–water partition coefficient (Wildman–Crippen LogP) is 4.09. The Labute approximate surface area is 107 Å². The molecule has 1 aromatic rings. The second kappa shape index (κ2) is 5.49. The van der Waals surface area contributed by atoms with Crippen molar-refractivity contribution in [2.45, 2.75) is 25.2 Å². The molecule has 0 nitrogen and oxygen atoms in total. The van der Waals surface area contributed by atoms with Gasteiger partial charge in [0.25, 0.3) is 0 Å². The van der Waals surface area contributed by atoms with E-state index in [1.54, 1.807) is 0 Å². The van der Waals surface area contributed by atoms with Gasteiger partial charge in [-0.05, 0) is 0 Å². The van der Waals surface area contributed by atoms with Gasteiger partial charge in [-0.25, -0.2) is 0 Å². The average molecular weight is 313 g/mol. The van der Waals surface area contributed by atoms with E-state index in [0.717, 1.165) is 17.8 Å². The van der Waals surface area contributed by atoms with E-state index in [2.05, 4.69) is 64.5 Å². The minimum Gasteiger partial charge on any atom is -0.318 e. The fourth-order valence-electron chi connectivity index (χ4n) is 3.06. The summed E-state index contributed by atoms with van der Waals surface area (Å²) in [6.07, 6.45) is 6.96. The van der Waals surface area contributed by atoms with E-state index in [4.69, 9.17) is 0 Å². The van der Waals surface area contributed by atoms with Crippen LogP contribution in [-0.2, 0) is 18.2 Å². The molecular weight excluding hydrogens is 298 g/mol. The summed E-state index contributed by atoms with van der Waals surface area (Å²) in [5, 5.41) is 0. The molecule has 2 heteroatoms. The molecule has 84 valence electrons. The Kier molecular flexibility index (Phi) is 4.26. The van der Waals surface area contributed by atoms with Gasteiger partial charge in [-0.1, -0.05) is 61.1 Å². The van der Waals surface area contributed by atoms with Crippen LogP contribution in [0.2, 0.25) is 0 Å². The predicted molar refractivity (Wildman–Crippen MR) is 60.2 cm³/mol. The Balaban J connectivity index is 0.000000404. The molecule has 2 aliphatic rings. The molecule has 1 aromatic carbocycles. The van der Waals surface area contributed by atoms with E-state index in [-0.39, 0.29) is 0 Å². The Bertz CT molecular complexity index is 299. The maximum absolute atomic E-state index is 4.49. The second-order valence-electron chi connectivity index (χ2n) is 4.46. The fourth-order valence-corrected chi connectivity index (χ4v) is 3.06. The van der Waals surface area contributed by atoms with Crippen molar-refractivity contribution in [3.63, 3.8) is 0 Å². The summed E-state index contributed by atoms with van der Waals surface area (Å²) in [6, 6.07) is 11.0. The topological polar surface area (TPSA) is 0 Å². The van der Waals surface area contributed by atoms with Crippen molar-refractivity contribution in [2.24, 2.45) is 11.8 Å². The van der Waals surface area contributed by atoms with Gasteiger partial charge in [-0.15, -0.1) is 5.92 Å². The van der Waals surface area contributed by atoms with E-state index in [1.165, 1.54) is 24.8 Å². The summed E-state index contributed by atoms with van der Waals surface area (Å²) in [4.78, 5) is 0. The SMILES string of the molecule is [Cl][Pd+].c1ccc([C@H]2[CH-][C@@H]3CC[C@H]2C3)cc1. The maximum atomic E-state index is 4.49. The molecule has 0 radical (unpaired) electrons. The molecule has 15 heavy (non-hydrogen) atoms. The average Bonchev–Trinajstić information content (AvgIpc) is 2.95. The van der Waals surface area contributed by atoms with Gasteiger partial charge < -0.3 is 6.42 Å². The minimum atomic E-state index is 0.778. The summed E-state index contributed by atoms with van der Waals surface area (Å²) in [5.41, 5.74) is 1.54. The van der Waals surface area contributed by atoms with E-state index >= 15 is 0 Å². The summed E-state index contributed by atoms with van der Waals surface area (Å²) in [6.45, 7) is 0. The van der Waals surface area contributed by atoms with Crippen molar-refractivity contribution < 1.29 is 18.2 Å². The van der Waals surface area contributed by atoms with Gasteiger partial charge in [0.15, 0.2) is 0 Å². The first-order chi connectivity index (χ1) is 7.43. The van der Waals surface area contributed by atoms with Crippen molar-refractivity contribution in [1.29, 1.82) is 0 Å². The number of halogens is 1. The van der Waals surface area contributed by atoms with Crippen LogP contribution in [0.3, 0.4) is 0 Å². The molecule has 2 aliphatic carbocycles. The van der Waals surface area contributed by atoms with Crippen LogP contribution in [-0.4, -0.2) is 0 Å². The van der Waals surface area contributed by atoms with Gasteiger partial charge in [-0.3, -0.25) is 0 Å². The number of fused-ring (bicyclic) bond motifs is 2. The Morgan fingerprint density at radius 1 is 1.13 bits per heavy atom. The fraction of sp³-hybridized carbons (Fsp3) is 0.462. The van der Waals surface area contributed by atoms with Crippen molar-refractivity contribution in [1.82, 2.24) is 0 Å².